The molecule has 0 aliphatic carbocycles. The molecule has 0 amide bonds. The second kappa shape index (κ2) is 1.97. The molecule has 2 heterocycles. The Morgan fingerprint density at radius 1 is 1.50 bits per heavy atom. The maximum Gasteiger partial charge on any atom is 0.0590 e. The van der Waals surface area contributed by atoms with Gasteiger partial charge in [0, 0.05) is 18.5 Å². The van der Waals surface area contributed by atoms with Crippen molar-refractivity contribution in [3.63, 3.8) is 0 Å². The molecule has 0 unspecified atom stereocenters. The highest BCUT2D eigenvalue weighted by Crippen LogP contribution is 2.08. The first kappa shape index (κ1) is 5.71. The Labute approximate surface area is 60.2 Å². The van der Waals surface area contributed by atoms with E-state index in [1.807, 2.05) is 6.21 Å². The number of aliphatic imine (C=N–C) groups is 1. The summed E-state index contributed by atoms with van der Waals surface area (Å²) >= 11 is 0. The fourth-order valence-electron chi connectivity index (χ4n) is 1.32. The van der Waals surface area contributed by atoms with Crippen molar-refractivity contribution in [1.29, 1.82) is 0 Å². The Bertz CT molecular complexity index is 271. The van der Waals surface area contributed by atoms with Crippen molar-refractivity contribution in [3.05, 3.63) is 23.5 Å². The lowest BCUT2D eigenvalue weighted by atomic mass is 10.4. The number of rotatable bonds is 0. The Balaban J connectivity index is 2.57. The van der Waals surface area contributed by atoms with Gasteiger partial charge in [0.2, 0.25) is 0 Å². The van der Waals surface area contributed by atoms with E-state index < -0.39 is 0 Å². The number of hydrogen-bond acceptors (Lipinski definition) is 1. The molecule has 2 heteroatoms. The molecule has 0 atom stereocenters. The molecule has 0 saturated heterocycles. The molecule has 0 radical (unpaired) electrons. The van der Waals surface area contributed by atoms with Gasteiger partial charge in [-0.05, 0) is 19.1 Å². The zero-order valence-corrected chi connectivity index (χ0v) is 6.04. The van der Waals surface area contributed by atoms with Crippen molar-refractivity contribution in [2.45, 2.75) is 13.5 Å². The van der Waals surface area contributed by atoms with E-state index in [0.29, 0.717) is 0 Å². The minimum absolute atomic E-state index is 0.933. The minimum atomic E-state index is 0.933. The lowest BCUT2D eigenvalue weighted by Gasteiger charge is -2.10. The second-order valence-corrected chi connectivity index (χ2v) is 2.59. The van der Waals surface area contributed by atoms with Crippen LogP contribution in [-0.2, 0) is 6.54 Å². The van der Waals surface area contributed by atoms with Gasteiger partial charge in [-0.1, -0.05) is 0 Å². The SMILES string of the molecule is Cc1ccc2n1CCN=C2. The van der Waals surface area contributed by atoms with Crippen LogP contribution in [0.4, 0.5) is 0 Å². The fraction of sp³-hybridized carbons (Fsp3) is 0.375. The quantitative estimate of drug-likeness (QED) is 0.507. The molecule has 52 valence electrons. The summed E-state index contributed by atoms with van der Waals surface area (Å²) in [6, 6.07) is 4.24. The molecule has 10 heavy (non-hydrogen) atoms. The van der Waals surface area contributed by atoms with E-state index in [1.165, 1.54) is 11.4 Å². The summed E-state index contributed by atoms with van der Waals surface area (Å²) in [5.41, 5.74) is 2.57. The van der Waals surface area contributed by atoms with Gasteiger partial charge in [-0.3, -0.25) is 4.99 Å². The summed E-state index contributed by atoms with van der Waals surface area (Å²) in [6.07, 6.45) is 1.94. The maximum atomic E-state index is 4.19. The smallest absolute Gasteiger partial charge is 0.0590 e. The zero-order chi connectivity index (χ0) is 6.97. The molecular weight excluding hydrogens is 124 g/mol. The van der Waals surface area contributed by atoms with Crippen molar-refractivity contribution in [2.75, 3.05) is 6.54 Å². The van der Waals surface area contributed by atoms with Crippen LogP contribution in [0, 0.1) is 6.92 Å². The molecule has 1 aliphatic rings. The van der Waals surface area contributed by atoms with Crippen LogP contribution in [0.5, 0.6) is 0 Å². The van der Waals surface area contributed by atoms with Crippen LogP contribution < -0.4 is 0 Å². The second-order valence-electron chi connectivity index (χ2n) is 2.59. The third-order valence-corrected chi connectivity index (χ3v) is 1.91. The van der Waals surface area contributed by atoms with Gasteiger partial charge in [-0.15, -0.1) is 0 Å². The van der Waals surface area contributed by atoms with Crippen LogP contribution in [0.2, 0.25) is 0 Å². The van der Waals surface area contributed by atoms with E-state index >= 15 is 0 Å². The predicted molar refractivity (Wildman–Crippen MR) is 41.6 cm³/mol. The van der Waals surface area contributed by atoms with Crippen LogP contribution in [0.15, 0.2) is 17.1 Å². The first-order chi connectivity index (χ1) is 4.88. The molecule has 1 aromatic rings. The number of aromatic nitrogens is 1. The van der Waals surface area contributed by atoms with E-state index in [2.05, 4.69) is 28.6 Å². The summed E-state index contributed by atoms with van der Waals surface area (Å²) in [5.74, 6) is 0. The lowest BCUT2D eigenvalue weighted by molar-refractivity contribution is 0.676. The number of fused-ring (bicyclic) bond motifs is 1. The topological polar surface area (TPSA) is 17.3 Å². The van der Waals surface area contributed by atoms with Crippen molar-refractivity contribution in [1.82, 2.24) is 4.57 Å². The van der Waals surface area contributed by atoms with E-state index in [1.54, 1.807) is 0 Å². The summed E-state index contributed by atoms with van der Waals surface area (Å²) < 4.78 is 2.28. The molecule has 1 aromatic heterocycles. The molecular formula is C8H10N2. The van der Waals surface area contributed by atoms with Crippen molar-refractivity contribution in [3.8, 4) is 0 Å². The summed E-state index contributed by atoms with van der Waals surface area (Å²) in [4.78, 5) is 4.19. The summed E-state index contributed by atoms with van der Waals surface area (Å²) in [5, 5.41) is 0. The number of nitrogens with zero attached hydrogens (tertiary/aromatic N) is 2. The van der Waals surface area contributed by atoms with Gasteiger partial charge in [-0.2, -0.15) is 0 Å². The first-order valence-electron chi connectivity index (χ1n) is 3.54. The van der Waals surface area contributed by atoms with Crippen molar-refractivity contribution in [2.24, 2.45) is 4.99 Å². The van der Waals surface area contributed by atoms with Crippen LogP contribution >= 0.6 is 0 Å². The van der Waals surface area contributed by atoms with Gasteiger partial charge in [0.1, 0.15) is 0 Å². The van der Waals surface area contributed by atoms with Crippen LogP contribution in [0.3, 0.4) is 0 Å². The highest BCUT2D eigenvalue weighted by atomic mass is 15.0. The monoisotopic (exact) mass is 134 g/mol. The third-order valence-electron chi connectivity index (χ3n) is 1.91. The highest BCUT2D eigenvalue weighted by molar-refractivity contribution is 5.78. The standard InChI is InChI=1S/C8H10N2/c1-7-2-3-8-6-9-4-5-10(7)8/h2-3,6H,4-5H2,1H3. The van der Waals surface area contributed by atoms with Crippen LogP contribution in [0.1, 0.15) is 11.4 Å². The molecule has 1 aliphatic heterocycles. The van der Waals surface area contributed by atoms with Gasteiger partial charge in [0.15, 0.2) is 0 Å². The zero-order valence-electron chi connectivity index (χ0n) is 6.04. The molecule has 2 nitrogen and oxygen atoms in total. The molecule has 0 bridgehead atoms. The van der Waals surface area contributed by atoms with Gasteiger partial charge in [-0.25, -0.2) is 0 Å². The van der Waals surface area contributed by atoms with Crippen LogP contribution in [-0.4, -0.2) is 17.3 Å². The molecule has 0 fully saturated rings. The van der Waals surface area contributed by atoms with Crippen molar-refractivity contribution >= 4 is 6.21 Å². The maximum absolute atomic E-state index is 4.19. The van der Waals surface area contributed by atoms with E-state index in [-0.39, 0.29) is 0 Å². The van der Waals surface area contributed by atoms with E-state index in [9.17, 15) is 0 Å². The molecule has 0 saturated carbocycles. The summed E-state index contributed by atoms with van der Waals surface area (Å²) in [7, 11) is 0. The van der Waals surface area contributed by atoms with Crippen LogP contribution in [0.25, 0.3) is 0 Å². The highest BCUT2D eigenvalue weighted by Gasteiger charge is 2.04. The fourth-order valence-corrected chi connectivity index (χ4v) is 1.32. The molecule has 0 aromatic carbocycles. The minimum Gasteiger partial charge on any atom is -0.342 e. The van der Waals surface area contributed by atoms with Crippen molar-refractivity contribution < 1.29 is 0 Å². The predicted octanol–water partition coefficient (Wildman–Crippen LogP) is 1.23. The Morgan fingerprint density at radius 2 is 2.40 bits per heavy atom. The normalized spacial score (nSPS) is 15.3. The van der Waals surface area contributed by atoms with Gasteiger partial charge in [0.05, 0.1) is 12.2 Å². The average molecular weight is 134 g/mol. The van der Waals surface area contributed by atoms with E-state index in [0.717, 1.165) is 13.1 Å². The van der Waals surface area contributed by atoms with Gasteiger partial charge >= 0.3 is 0 Å². The van der Waals surface area contributed by atoms with E-state index in [4.69, 9.17) is 0 Å². The Kier molecular flexibility index (Phi) is 1.13. The molecule has 0 spiro atoms. The molecule has 2 rings (SSSR count). The lowest BCUT2D eigenvalue weighted by Crippen LogP contribution is -2.11. The summed E-state index contributed by atoms with van der Waals surface area (Å²) in [6.45, 7) is 4.11. The van der Waals surface area contributed by atoms with Gasteiger partial charge in [0.25, 0.3) is 0 Å². The number of aryl methyl sites for hydroxylation is 1. The Morgan fingerprint density at radius 3 is 3.20 bits per heavy atom. The molecule has 0 N–H and O–H groups in total. The van der Waals surface area contributed by atoms with Gasteiger partial charge < -0.3 is 4.57 Å². The average Bonchev–Trinajstić information content (AvgIpc) is 2.34. The number of hydrogen-bond donors (Lipinski definition) is 0. The first-order valence-corrected chi connectivity index (χ1v) is 3.54. The largest absolute Gasteiger partial charge is 0.342 e. The third kappa shape index (κ3) is 0.685. The Hall–Kier alpha value is -1.05.